The molecule has 0 radical (unpaired) electrons. The number of amides is 2. The van der Waals surface area contributed by atoms with Crippen molar-refractivity contribution in [3.05, 3.63) is 5.21 Å². The second-order valence-electron chi connectivity index (χ2n) is 6.63. The second-order valence-corrected chi connectivity index (χ2v) is 8.92. The smallest absolute Gasteiger partial charge is 0.335 e. The second kappa shape index (κ2) is 7.25. The van der Waals surface area contributed by atoms with Crippen molar-refractivity contribution in [3.8, 4) is 0 Å². The van der Waals surface area contributed by atoms with Crippen LogP contribution in [0.15, 0.2) is 0 Å². The van der Waals surface area contributed by atoms with Crippen LogP contribution in [0.1, 0.15) is 46.5 Å². The summed E-state index contributed by atoms with van der Waals surface area (Å²) in [7, 11) is -4.24. The normalized spacial score (nSPS) is 22.9. The van der Waals surface area contributed by atoms with Crippen molar-refractivity contribution in [2.45, 2.75) is 52.5 Å². The lowest BCUT2D eigenvalue weighted by Gasteiger charge is -2.46. The number of carbonyl (C=O) groups is 2. The first kappa shape index (κ1) is 20.0. The fraction of sp³-hybridized carbons (Fsp3) is 0.857. The topological polar surface area (TPSA) is 129 Å². The summed E-state index contributed by atoms with van der Waals surface area (Å²) in [4.78, 5) is 24.1. The molecule has 2 amide bonds. The molecule has 2 atom stereocenters. The van der Waals surface area contributed by atoms with E-state index in [1.165, 1.54) is 20.8 Å². The van der Waals surface area contributed by atoms with Crippen LogP contribution in [0.25, 0.3) is 0 Å². The average molecular weight is 349 g/mol. The minimum absolute atomic E-state index is 0.293. The third-order valence-electron chi connectivity index (χ3n) is 4.28. The summed E-state index contributed by atoms with van der Waals surface area (Å²) < 4.78 is 23.1. The number of nitrogens with two attached hydrogens (primary N) is 1. The van der Waals surface area contributed by atoms with Gasteiger partial charge in [-0.2, -0.15) is 12.5 Å². The number of sulfonamides is 1. The number of hydrogen-bond acceptors (Lipinski definition) is 6. The Morgan fingerprint density at radius 2 is 1.91 bits per heavy atom. The first-order valence-corrected chi connectivity index (χ1v) is 9.46. The minimum atomic E-state index is -4.24. The van der Waals surface area contributed by atoms with Crippen molar-refractivity contribution in [2.75, 3.05) is 18.8 Å². The molecule has 0 aromatic carbocycles. The molecule has 0 aromatic rings. The standard InChI is InChI=1S/C14H27N3O5S/c1-4-23(21,22)17(20,11-6-5-8-16-9-7-11)13(19)14(2,3)10-12(15)18/h11,16H,4-10H2,1-3H3,(H2,15,18). The average Bonchev–Trinajstić information content (AvgIpc) is 2.73. The highest BCUT2D eigenvalue weighted by atomic mass is 32.2. The lowest BCUT2D eigenvalue weighted by Crippen LogP contribution is -2.63. The zero-order valence-electron chi connectivity index (χ0n) is 14.0. The Hall–Kier alpha value is -1.03. The van der Waals surface area contributed by atoms with Crippen LogP contribution in [0.4, 0.5) is 0 Å². The molecule has 134 valence electrons. The van der Waals surface area contributed by atoms with E-state index in [9.17, 15) is 23.2 Å². The van der Waals surface area contributed by atoms with Gasteiger partial charge in [0, 0.05) is 25.8 Å². The SMILES string of the molecule is CCS(=O)(=O)[N+]([O-])(C(=O)C(C)(C)CC(N)=O)C1CCCNCC1. The predicted octanol–water partition coefficient (Wildman–Crippen LogP) is 0.221. The van der Waals surface area contributed by atoms with Gasteiger partial charge in [0.25, 0.3) is 0 Å². The molecular formula is C14H27N3O5S. The lowest BCUT2D eigenvalue weighted by atomic mass is 9.87. The molecule has 0 bridgehead atoms. The zero-order chi connectivity index (χ0) is 17.9. The Labute approximate surface area is 137 Å². The van der Waals surface area contributed by atoms with Gasteiger partial charge in [0.15, 0.2) is 0 Å². The van der Waals surface area contributed by atoms with Crippen LogP contribution in [0, 0.1) is 10.6 Å². The van der Waals surface area contributed by atoms with Crippen molar-refractivity contribution < 1.29 is 22.1 Å². The molecule has 23 heavy (non-hydrogen) atoms. The van der Waals surface area contributed by atoms with Gasteiger partial charge in [0.05, 0.1) is 11.2 Å². The van der Waals surface area contributed by atoms with E-state index in [4.69, 9.17) is 5.73 Å². The summed E-state index contributed by atoms with van der Waals surface area (Å²) >= 11 is 0. The van der Waals surface area contributed by atoms with Crippen molar-refractivity contribution in [3.63, 3.8) is 0 Å². The van der Waals surface area contributed by atoms with E-state index >= 15 is 0 Å². The number of rotatable bonds is 6. The van der Waals surface area contributed by atoms with Gasteiger partial charge in [-0.15, -0.1) is 0 Å². The molecule has 2 unspecified atom stereocenters. The van der Waals surface area contributed by atoms with Crippen LogP contribution < -0.4 is 11.1 Å². The van der Waals surface area contributed by atoms with E-state index in [1.807, 2.05) is 0 Å². The van der Waals surface area contributed by atoms with Crippen LogP contribution in [0.3, 0.4) is 0 Å². The Morgan fingerprint density at radius 3 is 2.43 bits per heavy atom. The molecule has 9 heteroatoms. The number of hydrogen-bond donors (Lipinski definition) is 2. The number of carbonyl (C=O) groups excluding carboxylic acids is 2. The maximum absolute atomic E-state index is 13.4. The zero-order valence-corrected chi connectivity index (χ0v) is 14.8. The Kier molecular flexibility index (Phi) is 6.31. The molecule has 0 spiro atoms. The van der Waals surface area contributed by atoms with E-state index in [1.54, 1.807) is 0 Å². The minimum Gasteiger partial charge on any atom is -0.609 e. The van der Waals surface area contributed by atoms with Crippen LogP contribution in [0.2, 0.25) is 0 Å². The van der Waals surface area contributed by atoms with Crippen LogP contribution >= 0.6 is 0 Å². The van der Waals surface area contributed by atoms with Gasteiger partial charge in [-0.25, -0.2) is 4.79 Å². The predicted molar refractivity (Wildman–Crippen MR) is 86.2 cm³/mol. The fourth-order valence-corrected chi connectivity index (χ4v) is 4.53. The Morgan fingerprint density at radius 1 is 1.30 bits per heavy atom. The summed E-state index contributed by atoms with van der Waals surface area (Å²) in [6.45, 7) is 5.30. The highest BCUT2D eigenvalue weighted by molar-refractivity contribution is 7.86. The molecule has 1 aliphatic rings. The molecule has 1 saturated heterocycles. The number of quaternary nitrogens is 1. The highest BCUT2D eigenvalue weighted by Gasteiger charge is 2.52. The van der Waals surface area contributed by atoms with Crippen molar-refractivity contribution in [1.29, 1.82) is 0 Å². The van der Waals surface area contributed by atoms with Gasteiger partial charge in [-0.3, -0.25) is 4.79 Å². The first-order chi connectivity index (χ1) is 10.5. The van der Waals surface area contributed by atoms with Crippen molar-refractivity contribution in [1.82, 2.24) is 5.32 Å². The third-order valence-corrected chi connectivity index (χ3v) is 6.30. The van der Waals surface area contributed by atoms with E-state index < -0.39 is 43.1 Å². The van der Waals surface area contributed by atoms with Gasteiger partial charge < -0.3 is 16.3 Å². The van der Waals surface area contributed by atoms with Gasteiger partial charge in [0.1, 0.15) is 6.04 Å². The molecule has 1 fully saturated rings. The summed E-state index contributed by atoms with van der Waals surface area (Å²) in [6.07, 6.45) is 0.892. The number of primary amides is 1. The van der Waals surface area contributed by atoms with E-state index in [0.29, 0.717) is 32.4 Å². The number of hydroxylamine groups is 2. The van der Waals surface area contributed by atoms with Crippen LogP contribution in [-0.4, -0.2) is 49.2 Å². The molecule has 8 nitrogen and oxygen atoms in total. The number of nitrogens with one attached hydrogen (secondary N) is 1. The van der Waals surface area contributed by atoms with Crippen LogP contribution in [0.5, 0.6) is 0 Å². The molecule has 1 rings (SSSR count). The molecule has 3 N–H and O–H groups in total. The van der Waals surface area contributed by atoms with Gasteiger partial charge in [0.2, 0.25) is 5.91 Å². The van der Waals surface area contributed by atoms with Crippen molar-refractivity contribution >= 4 is 21.8 Å². The van der Waals surface area contributed by atoms with Crippen molar-refractivity contribution in [2.24, 2.45) is 11.1 Å². The molecule has 0 aliphatic carbocycles. The lowest BCUT2D eigenvalue weighted by molar-refractivity contribution is -0.709. The highest BCUT2D eigenvalue weighted by Crippen LogP contribution is 2.35. The Bertz CT molecular complexity index is 553. The Balaban J connectivity index is 3.34. The number of nitrogens with zero attached hydrogens (tertiary/aromatic N) is 1. The van der Waals surface area contributed by atoms with Gasteiger partial charge in [-0.05, 0) is 33.7 Å². The maximum Gasteiger partial charge on any atom is 0.335 e. The summed E-state index contributed by atoms with van der Waals surface area (Å²) in [5, 5.41) is 16.5. The van der Waals surface area contributed by atoms with E-state index in [2.05, 4.69) is 5.32 Å². The fourth-order valence-electron chi connectivity index (χ4n) is 2.98. The van der Waals surface area contributed by atoms with E-state index in [-0.39, 0.29) is 6.42 Å². The van der Waals surface area contributed by atoms with Gasteiger partial charge in [-0.1, -0.05) is 0 Å². The summed E-state index contributed by atoms with van der Waals surface area (Å²) in [6, 6.07) is -0.866. The molecule has 0 aromatic heterocycles. The molecular weight excluding hydrogens is 322 g/mol. The molecule has 1 heterocycles. The first-order valence-electron chi connectivity index (χ1n) is 7.85. The summed E-state index contributed by atoms with van der Waals surface area (Å²) in [5.41, 5.74) is 3.71. The third kappa shape index (κ3) is 4.09. The largest absolute Gasteiger partial charge is 0.609 e. The van der Waals surface area contributed by atoms with E-state index in [0.717, 1.165) is 0 Å². The molecule has 0 saturated carbocycles. The molecule has 1 aliphatic heterocycles. The monoisotopic (exact) mass is 349 g/mol. The van der Waals surface area contributed by atoms with Gasteiger partial charge >= 0.3 is 15.9 Å². The summed E-state index contributed by atoms with van der Waals surface area (Å²) in [5.74, 6) is -2.19. The maximum atomic E-state index is 13.4. The quantitative estimate of drug-likeness (QED) is 0.521. The van der Waals surface area contributed by atoms with Crippen LogP contribution in [-0.2, 0) is 19.6 Å².